The Bertz CT molecular complexity index is 787. The van der Waals surface area contributed by atoms with E-state index in [9.17, 15) is 0 Å². The van der Waals surface area contributed by atoms with E-state index in [1.54, 1.807) is 8.28 Å². The molecular weight excluding hydrogens is 478 g/mol. The van der Waals surface area contributed by atoms with Crippen LogP contribution in [0, 0.1) is 0 Å². The summed E-state index contributed by atoms with van der Waals surface area (Å²) >= 11 is 2.73. The first-order valence-corrected chi connectivity index (χ1v) is 13.5. The zero-order chi connectivity index (χ0) is 18.7. The van der Waals surface area contributed by atoms with Crippen LogP contribution in [0.1, 0.15) is 26.2 Å². The Morgan fingerprint density at radius 1 is 0.704 bits per heavy atom. The van der Waals surface area contributed by atoms with Gasteiger partial charge in [-0.3, -0.25) is 0 Å². The standard InChI is InChI=1S/C24H24SSe2/c1-2-3-19-23(26-21-15-9-5-10-16-21)24(25-20-13-7-4-8-14-20)27-22-17-11-6-12-18-22/h4-18H,2-3,19H2,1H3/b24-23-. The number of thioether (sulfide) groups is 1. The van der Waals surface area contributed by atoms with E-state index in [1.807, 2.05) is 11.8 Å². The molecule has 0 unspecified atom stereocenters. The van der Waals surface area contributed by atoms with Crippen molar-refractivity contribution < 1.29 is 0 Å². The van der Waals surface area contributed by atoms with Crippen LogP contribution in [0.2, 0.25) is 0 Å². The first kappa shape index (κ1) is 20.5. The summed E-state index contributed by atoms with van der Waals surface area (Å²) in [5, 5.41) is 0. The fourth-order valence-electron chi connectivity index (χ4n) is 2.49. The summed E-state index contributed by atoms with van der Waals surface area (Å²) in [4.78, 5) is 1.35. The van der Waals surface area contributed by atoms with Crippen LogP contribution in [-0.2, 0) is 0 Å². The number of allylic oxidation sites excluding steroid dienone is 1. The Morgan fingerprint density at radius 3 is 1.78 bits per heavy atom. The zero-order valence-electron chi connectivity index (χ0n) is 15.5. The van der Waals surface area contributed by atoms with Crippen molar-refractivity contribution in [3.05, 3.63) is 99.3 Å². The van der Waals surface area contributed by atoms with E-state index in [0.29, 0.717) is 29.9 Å². The van der Waals surface area contributed by atoms with Crippen LogP contribution in [0.15, 0.2) is 104 Å². The molecule has 0 saturated carbocycles. The van der Waals surface area contributed by atoms with Crippen LogP contribution in [-0.4, -0.2) is 29.9 Å². The molecule has 0 heterocycles. The summed E-state index contributed by atoms with van der Waals surface area (Å²) < 4.78 is 6.21. The van der Waals surface area contributed by atoms with Crippen LogP contribution in [0.5, 0.6) is 0 Å². The number of rotatable bonds is 9. The third kappa shape index (κ3) is 7.03. The molecule has 0 aromatic heterocycles. The van der Waals surface area contributed by atoms with E-state index in [1.165, 1.54) is 33.1 Å². The molecule has 3 heteroatoms. The van der Waals surface area contributed by atoms with E-state index in [2.05, 4.69) is 97.9 Å². The predicted octanol–water partition coefficient (Wildman–Crippen LogP) is 5.20. The molecule has 0 saturated heterocycles. The normalized spacial score (nSPS) is 11.9. The van der Waals surface area contributed by atoms with Gasteiger partial charge in [-0.25, -0.2) is 0 Å². The van der Waals surface area contributed by atoms with Crippen molar-refractivity contribution in [2.75, 3.05) is 0 Å². The molecule has 0 aliphatic rings. The van der Waals surface area contributed by atoms with E-state index in [-0.39, 0.29) is 0 Å². The maximum absolute atomic E-state index is 2.29. The minimum absolute atomic E-state index is 0.349. The molecule has 0 spiro atoms. The molecule has 0 fully saturated rings. The number of hydrogen-bond donors (Lipinski definition) is 0. The number of unbranched alkanes of at least 4 members (excludes halogenated alkanes) is 1. The van der Waals surface area contributed by atoms with Crippen LogP contribution in [0.3, 0.4) is 0 Å². The second-order valence-corrected chi connectivity index (χ2v) is 12.5. The van der Waals surface area contributed by atoms with Crippen molar-refractivity contribution in [1.29, 1.82) is 0 Å². The summed E-state index contributed by atoms with van der Waals surface area (Å²) in [6.07, 6.45) is 3.73. The van der Waals surface area contributed by atoms with Gasteiger partial charge in [0.05, 0.1) is 0 Å². The van der Waals surface area contributed by atoms with Gasteiger partial charge < -0.3 is 0 Å². The first-order valence-electron chi connectivity index (χ1n) is 9.27. The van der Waals surface area contributed by atoms with Crippen molar-refractivity contribution in [2.45, 2.75) is 31.1 Å². The molecule has 0 atom stereocenters. The summed E-state index contributed by atoms with van der Waals surface area (Å²) in [6, 6.07) is 32.9. The fraction of sp³-hybridized carbons (Fsp3) is 0.167. The molecule has 0 N–H and O–H groups in total. The van der Waals surface area contributed by atoms with Crippen LogP contribution >= 0.6 is 11.8 Å². The Labute approximate surface area is 180 Å². The van der Waals surface area contributed by atoms with Crippen molar-refractivity contribution >= 4 is 50.6 Å². The Balaban J connectivity index is 1.94. The molecular formula is C24H24SSe2. The van der Waals surface area contributed by atoms with Gasteiger partial charge in [0, 0.05) is 0 Å². The average Bonchev–Trinajstić information content (AvgIpc) is 2.73. The van der Waals surface area contributed by atoms with Gasteiger partial charge in [-0.2, -0.15) is 0 Å². The van der Waals surface area contributed by atoms with Crippen LogP contribution in [0.25, 0.3) is 0 Å². The minimum atomic E-state index is 0.349. The van der Waals surface area contributed by atoms with Gasteiger partial charge in [0.1, 0.15) is 0 Å². The van der Waals surface area contributed by atoms with Crippen molar-refractivity contribution in [3.63, 3.8) is 0 Å². The van der Waals surface area contributed by atoms with Gasteiger partial charge in [-0.05, 0) is 0 Å². The van der Waals surface area contributed by atoms with Gasteiger partial charge in [0.15, 0.2) is 0 Å². The van der Waals surface area contributed by atoms with Gasteiger partial charge in [0.2, 0.25) is 0 Å². The molecule has 0 bridgehead atoms. The van der Waals surface area contributed by atoms with Crippen LogP contribution in [0.4, 0.5) is 0 Å². The summed E-state index contributed by atoms with van der Waals surface area (Å²) in [6.45, 7) is 2.29. The van der Waals surface area contributed by atoms with E-state index in [4.69, 9.17) is 0 Å². The Kier molecular flexibility index (Phi) is 8.81. The quantitative estimate of drug-likeness (QED) is 0.287. The molecule has 138 valence electrons. The third-order valence-electron chi connectivity index (χ3n) is 3.88. The van der Waals surface area contributed by atoms with Crippen LogP contribution < -0.4 is 8.92 Å². The van der Waals surface area contributed by atoms with Crippen molar-refractivity contribution in [3.8, 4) is 0 Å². The molecule has 0 nitrogen and oxygen atoms in total. The van der Waals surface area contributed by atoms with Gasteiger partial charge in [0.25, 0.3) is 0 Å². The molecule has 0 amide bonds. The van der Waals surface area contributed by atoms with Crippen molar-refractivity contribution in [1.82, 2.24) is 0 Å². The molecule has 3 aromatic carbocycles. The molecule has 27 heavy (non-hydrogen) atoms. The average molecular weight is 502 g/mol. The molecule has 0 radical (unpaired) electrons. The molecule has 3 aromatic rings. The topological polar surface area (TPSA) is 0 Å². The maximum atomic E-state index is 2.29. The fourth-order valence-corrected chi connectivity index (χ4v) is 9.43. The van der Waals surface area contributed by atoms with E-state index in [0.717, 1.165) is 0 Å². The number of benzene rings is 3. The first-order chi connectivity index (χ1) is 13.3. The second kappa shape index (κ2) is 11.6. The van der Waals surface area contributed by atoms with E-state index >= 15 is 0 Å². The van der Waals surface area contributed by atoms with Crippen molar-refractivity contribution in [2.24, 2.45) is 0 Å². The SMILES string of the molecule is CCCC/C([Se]c1ccccc1)=C(\Sc1ccccc1)[Se]c1ccccc1. The monoisotopic (exact) mass is 504 g/mol. The Morgan fingerprint density at radius 2 is 1.22 bits per heavy atom. The van der Waals surface area contributed by atoms with Gasteiger partial charge >= 0.3 is 181 Å². The Hall–Kier alpha value is -1.21. The van der Waals surface area contributed by atoms with E-state index < -0.39 is 0 Å². The predicted molar refractivity (Wildman–Crippen MR) is 123 cm³/mol. The van der Waals surface area contributed by atoms with Gasteiger partial charge in [-0.15, -0.1) is 0 Å². The number of hydrogen-bond acceptors (Lipinski definition) is 1. The summed E-state index contributed by atoms with van der Waals surface area (Å²) in [5.74, 6) is 0. The second-order valence-electron chi connectivity index (χ2n) is 6.06. The van der Waals surface area contributed by atoms with Gasteiger partial charge in [-0.1, -0.05) is 0 Å². The molecule has 0 aliphatic carbocycles. The molecule has 3 rings (SSSR count). The summed E-state index contributed by atoms with van der Waals surface area (Å²) in [5.41, 5.74) is 0. The molecule has 0 aliphatic heterocycles. The zero-order valence-corrected chi connectivity index (χ0v) is 19.7. The summed E-state index contributed by atoms with van der Waals surface area (Å²) in [7, 11) is 0. The third-order valence-corrected chi connectivity index (χ3v) is 11.1.